The average Bonchev–Trinajstić information content (AvgIpc) is 1.27. The summed E-state index contributed by atoms with van der Waals surface area (Å²) in [4.78, 5) is 0. The van der Waals surface area contributed by atoms with Gasteiger partial charge in [-0.3, -0.25) is 0 Å². The molecule has 0 aromatic heterocycles. The molecule has 0 aromatic rings. The molecule has 0 N–H and O–H groups in total. The van der Waals surface area contributed by atoms with Crippen LogP contribution >= 0.6 is 0 Å². The number of nitrogens with zero attached hydrogens (tertiary/aromatic N) is 1. The van der Waals surface area contributed by atoms with Crippen molar-refractivity contribution in [1.82, 2.24) is 0 Å². The zero-order valence-corrected chi connectivity index (χ0v) is 4.28. The Balaban J connectivity index is 3.32. The van der Waals surface area contributed by atoms with E-state index in [2.05, 4.69) is 32.3 Å². The fraction of sp³-hybridized carbons (Fsp3) is 0. The van der Waals surface area contributed by atoms with Gasteiger partial charge < -0.3 is 5.32 Å². The molecule has 0 aromatic carbocycles. The topological polar surface area (TPSA) is 14.1 Å². The van der Waals surface area contributed by atoms with Crippen LogP contribution in [0.2, 0.25) is 0 Å². The standard InChI is InChI=1S/C6H8N/c1-5(2)7-6(3)4/h1-4H2. The zero-order chi connectivity index (χ0) is 5.86. The Labute approximate surface area is 44.7 Å². The van der Waals surface area contributed by atoms with Crippen molar-refractivity contribution in [1.29, 1.82) is 0 Å². The van der Waals surface area contributed by atoms with Crippen LogP contribution in [-0.2, 0) is 0 Å². The van der Waals surface area contributed by atoms with E-state index in [1.165, 1.54) is 0 Å². The Hall–Kier alpha value is -0.850. The summed E-state index contributed by atoms with van der Waals surface area (Å²) in [5.74, 6) is 0. The molecule has 0 rings (SSSR count). The molecule has 0 amide bonds. The monoisotopic (exact) mass is 94.1 g/mol. The van der Waals surface area contributed by atoms with Crippen LogP contribution in [0.15, 0.2) is 24.6 Å². The Kier molecular flexibility index (Phi) is 2.06. The quantitative estimate of drug-likeness (QED) is 0.465. The van der Waals surface area contributed by atoms with Crippen molar-refractivity contribution in [3.63, 3.8) is 0 Å². The number of allylic oxidation sites excluding steroid dienone is 2. The minimum absolute atomic E-state index is 0.500. The van der Waals surface area contributed by atoms with Gasteiger partial charge in [0.05, 0.1) is 0 Å². The van der Waals surface area contributed by atoms with E-state index in [1.807, 2.05) is 0 Å². The van der Waals surface area contributed by atoms with Crippen molar-refractivity contribution in [2.45, 2.75) is 0 Å². The Morgan fingerprint density at radius 2 is 1.86 bits per heavy atom. The smallest absolute Gasteiger partial charge is 0.0195 e. The van der Waals surface area contributed by atoms with Crippen LogP contribution < -0.4 is 0 Å². The first-order valence-electron chi connectivity index (χ1n) is 1.86. The molecule has 0 aliphatic heterocycles. The molecule has 0 fully saturated rings. The van der Waals surface area contributed by atoms with Crippen LogP contribution in [0.3, 0.4) is 0 Å². The molecule has 0 atom stereocenters. The lowest BCUT2D eigenvalue weighted by molar-refractivity contribution is 1.56. The molecule has 1 heteroatoms. The van der Waals surface area contributed by atoms with Gasteiger partial charge in [-0.1, -0.05) is 0 Å². The average molecular weight is 94.1 g/mol. The fourth-order valence-corrected chi connectivity index (χ4v) is 0.224. The van der Waals surface area contributed by atoms with Gasteiger partial charge in [0.2, 0.25) is 0 Å². The molecule has 0 saturated heterocycles. The van der Waals surface area contributed by atoms with Crippen molar-refractivity contribution in [3.05, 3.63) is 43.7 Å². The van der Waals surface area contributed by atoms with E-state index in [4.69, 9.17) is 0 Å². The van der Waals surface area contributed by atoms with Gasteiger partial charge in [-0.25, -0.2) is 0 Å². The van der Waals surface area contributed by atoms with Crippen molar-refractivity contribution >= 4 is 0 Å². The molecule has 7 heavy (non-hydrogen) atoms. The van der Waals surface area contributed by atoms with Gasteiger partial charge in [0.15, 0.2) is 0 Å². The normalized spacial score (nSPS) is 7.57. The highest BCUT2D eigenvalue weighted by Gasteiger charge is 1.69. The van der Waals surface area contributed by atoms with E-state index in [9.17, 15) is 0 Å². The maximum atomic E-state index is 3.67. The summed E-state index contributed by atoms with van der Waals surface area (Å²) in [6.07, 6.45) is 0. The first kappa shape index (κ1) is 6.15. The summed E-state index contributed by atoms with van der Waals surface area (Å²) in [6.45, 7) is 13.7. The maximum Gasteiger partial charge on any atom is 0.0195 e. The first-order valence-corrected chi connectivity index (χ1v) is 1.86. The highest BCUT2D eigenvalue weighted by atomic mass is 14.9. The van der Waals surface area contributed by atoms with Gasteiger partial charge in [-0.15, -0.1) is 6.58 Å². The summed E-state index contributed by atoms with van der Waals surface area (Å²) in [5, 5.41) is 3.67. The summed E-state index contributed by atoms with van der Waals surface area (Å²) in [7, 11) is 0. The predicted octanol–water partition coefficient (Wildman–Crippen LogP) is 2.06. The lowest BCUT2D eigenvalue weighted by Crippen LogP contribution is -1.69. The number of hydrogen-bond acceptors (Lipinski definition) is 0. The van der Waals surface area contributed by atoms with Gasteiger partial charge in [0.1, 0.15) is 0 Å². The van der Waals surface area contributed by atoms with Crippen LogP contribution in [0.4, 0.5) is 0 Å². The highest BCUT2D eigenvalue weighted by molar-refractivity contribution is 5.31. The zero-order valence-electron chi connectivity index (χ0n) is 4.28. The molecule has 0 bridgehead atoms. The Bertz CT molecular complexity index is 80.4. The van der Waals surface area contributed by atoms with E-state index >= 15 is 0 Å². The molecular weight excluding hydrogens is 86.1 g/mol. The third-order valence-electron chi connectivity index (χ3n) is 0.316. The Morgan fingerprint density at radius 3 is 1.86 bits per heavy atom. The van der Waals surface area contributed by atoms with Gasteiger partial charge >= 0.3 is 0 Å². The van der Waals surface area contributed by atoms with Gasteiger partial charge in [-0.2, -0.15) is 5.70 Å². The summed E-state index contributed by atoms with van der Waals surface area (Å²) in [5.41, 5.74) is 1.00. The van der Waals surface area contributed by atoms with Crippen LogP contribution in [0.5, 0.6) is 0 Å². The second kappa shape index (κ2) is 2.35. The van der Waals surface area contributed by atoms with E-state index in [1.54, 1.807) is 0 Å². The lowest BCUT2D eigenvalue weighted by Gasteiger charge is -2.13. The van der Waals surface area contributed by atoms with E-state index in [0.717, 1.165) is 0 Å². The van der Waals surface area contributed by atoms with Gasteiger partial charge in [0, 0.05) is 19.2 Å². The third kappa shape index (κ3) is 5.15. The molecule has 1 nitrogen and oxygen atoms in total. The Morgan fingerprint density at radius 1 is 1.43 bits per heavy atom. The second-order valence-electron chi connectivity index (χ2n) is 1.24. The molecule has 0 heterocycles. The van der Waals surface area contributed by atoms with E-state index in [-0.39, 0.29) is 0 Å². The molecule has 0 aliphatic rings. The van der Waals surface area contributed by atoms with Crippen molar-refractivity contribution in [2.24, 2.45) is 0 Å². The van der Waals surface area contributed by atoms with Crippen LogP contribution in [-0.4, -0.2) is 0 Å². The molecule has 0 unspecified atom stereocenters. The molecule has 0 aliphatic carbocycles. The number of rotatable bonds is 2. The van der Waals surface area contributed by atoms with E-state index < -0.39 is 0 Å². The SMILES string of the molecule is [CH2]C(=C)[N-]C(=C)[CH2+]. The third-order valence-corrected chi connectivity index (χ3v) is 0.316. The summed E-state index contributed by atoms with van der Waals surface area (Å²) < 4.78 is 0. The van der Waals surface area contributed by atoms with Crippen molar-refractivity contribution in [2.75, 3.05) is 0 Å². The fourth-order valence-electron chi connectivity index (χ4n) is 0.224. The lowest BCUT2D eigenvalue weighted by atomic mass is 10.5. The molecule has 0 saturated carbocycles. The minimum atomic E-state index is 0.500. The summed E-state index contributed by atoms with van der Waals surface area (Å²) in [6, 6.07) is 0. The molecule has 1 radical (unpaired) electrons. The van der Waals surface area contributed by atoms with Gasteiger partial charge in [-0.05, 0) is 6.92 Å². The van der Waals surface area contributed by atoms with Gasteiger partial charge in [0.25, 0.3) is 0 Å². The number of hydrogen-bond donors (Lipinski definition) is 0. The molecule has 0 spiro atoms. The van der Waals surface area contributed by atoms with Crippen LogP contribution in [0.1, 0.15) is 0 Å². The maximum absolute atomic E-state index is 3.67. The largest absolute Gasteiger partial charge is 0.627 e. The minimum Gasteiger partial charge on any atom is -0.627 e. The van der Waals surface area contributed by atoms with Crippen LogP contribution in [0.25, 0.3) is 5.32 Å². The summed E-state index contributed by atoms with van der Waals surface area (Å²) >= 11 is 0. The van der Waals surface area contributed by atoms with Crippen LogP contribution in [0, 0.1) is 13.8 Å². The second-order valence-corrected chi connectivity index (χ2v) is 1.24. The van der Waals surface area contributed by atoms with Crippen molar-refractivity contribution < 1.29 is 0 Å². The van der Waals surface area contributed by atoms with E-state index in [0.29, 0.717) is 11.4 Å². The molecule has 37 valence electrons. The first-order chi connectivity index (χ1) is 3.13. The predicted molar refractivity (Wildman–Crippen MR) is 32.4 cm³/mol. The highest BCUT2D eigenvalue weighted by Crippen LogP contribution is 2.06. The van der Waals surface area contributed by atoms with Crippen molar-refractivity contribution in [3.8, 4) is 0 Å². The molecular formula is C6H8N.